The highest BCUT2D eigenvalue weighted by Gasteiger charge is 2.24. The molecule has 0 saturated heterocycles. The average Bonchev–Trinajstić information content (AvgIpc) is 3.84. The number of anilines is 3. The van der Waals surface area contributed by atoms with Gasteiger partial charge in [0, 0.05) is 21.8 Å². The molecule has 3 nitrogen and oxygen atoms in total. The molecule has 0 spiro atoms. The maximum Gasteiger partial charge on any atom is 0.159 e. The predicted octanol–water partition coefficient (Wildman–Crippen LogP) is 15.1. The molecular formula is C52H33NO2. The summed E-state index contributed by atoms with van der Waals surface area (Å²) >= 11 is 0. The molecule has 0 aliphatic carbocycles. The molecule has 0 aliphatic rings. The molecule has 11 rings (SSSR count). The molecule has 9 aromatic carbocycles. The second-order valence-corrected chi connectivity index (χ2v) is 14.0. The lowest BCUT2D eigenvalue weighted by atomic mass is 9.95. The Hall–Kier alpha value is -7.36. The molecule has 258 valence electrons. The highest BCUT2D eigenvalue weighted by atomic mass is 16.3. The van der Waals surface area contributed by atoms with E-state index in [2.05, 4.69) is 193 Å². The van der Waals surface area contributed by atoms with Crippen LogP contribution < -0.4 is 4.90 Å². The van der Waals surface area contributed by atoms with Crippen LogP contribution in [0.1, 0.15) is 0 Å². The van der Waals surface area contributed by atoms with Gasteiger partial charge in [-0.05, 0) is 86.6 Å². The number of furan rings is 2. The van der Waals surface area contributed by atoms with Crippen molar-refractivity contribution < 1.29 is 8.83 Å². The molecule has 0 aliphatic heterocycles. The molecule has 55 heavy (non-hydrogen) atoms. The molecule has 3 heteroatoms. The Kier molecular flexibility index (Phi) is 7.17. The Morgan fingerprint density at radius 3 is 1.56 bits per heavy atom. The number of hydrogen-bond donors (Lipinski definition) is 0. The number of rotatable bonds is 6. The van der Waals surface area contributed by atoms with E-state index in [1.807, 2.05) is 12.1 Å². The summed E-state index contributed by atoms with van der Waals surface area (Å²) in [6.45, 7) is 0. The Morgan fingerprint density at radius 2 is 0.836 bits per heavy atom. The molecule has 11 aromatic rings. The maximum absolute atomic E-state index is 7.03. The van der Waals surface area contributed by atoms with Crippen molar-refractivity contribution in [2.24, 2.45) is 0 Å². The van der Waals surface area contributed by atoms with E-state index < -0.39 is 0 Å². The van der Waals surface area contributed by atoms with E-state index in [1.54, 1.807) is 0 Å². The number of fused-ring (bicyclic) bond motifs is 8. The fourth-order valence-corrected chi connectivity index (χ4v) is 8.32. The topological polar surface area (TPSA) is 29.5 Å². The van der Waals surface area contributed by atoms with Crippen molar-refractivity contribution in [3.8, 4) is 33.4 Å². The highest BCUT2D eigenvalue weighted by molar-refractivity contribution is 6.24. The van der Waals surface area contributed by atoms with Crippen molar-refractivity contribution in [3.05, 3.63) is 200 Å². The summed E-state index contributed by atoms with van der Waals surface area (Å²) in [7, 11) is 0. The molecule has 0 radical (unpaired) electrons. The van der Waals surface area contributed by atoms with Gasteiger partial charge >= 0.3 is 0 Å². The zero-order valence-corrected chi connectivity index (χ0v) is 29.8. The quantitative estimate of drug-likeness (QED) is 0.173. The Balaban J connectivity index is 1.12. The summed E-state index contributed by atoms with van der Waals surface area (Å²) < 4.78 is 13.5. The van der Waals surface area contributed by atoms with Gasteiger partial charge < -0.3 is 13.7 Å². The molecule has 0 fully saturated rings. The largest absolute Gasteiger partial charge is 0.456 e. The fraction of sp³-hybridized carbons (Fsp3) is 0. The Labute approximate surface area is 317 Å². The van der Waals surface area contributed by atoms with Gasteiger partial charge in [0.15, 0.2) is 5.58 Å². The number of hydrogen-bond acceptors (Lipinski definition) is 3. The first-order valence-electron chi connectivity index (χ1n) is 18.7. The molecule has 2 aromatic heterocycles. The second kappa shape index (κ2) is 12.6. The van der Waals surface area contributed by atoms with E-state index in [-0.39, 0.29) is 0 Å². The normalized spacial score (nSPS) is 11.6. The summed E-state index contributed by atoms with van der Waals surface area (Å²) in [5.74, 6) is 0. The molecule has 0 N–H and O–H groups in total. The summed E-state index contributed by atoms with van der Waals surface area (Å²) in [6, 6.07) is 70.7. The smallest absolute Gasteiger partial charge is 0.159 e. The summed E-state index contributed by atoms with van der Waals surface area (Å²) in [4.78, 5) is 2.33. The lowest BCUT2D eigenvalue weighted by molar-refractivity contribution is 0.668. The summed E-state index contributed by atoms with van der Waals surface area (Å²) in [6.07, 6.45) is 0. The van der Waals surface area contributed by atoms with Gasteiger partial charge in [0.2, 0.25) is 0 Å². The monoisotopic (exact) mass is 703 g/mol. The van der Waals surface area contributed by atoms with E-state index in [4.69, 9.17) is 8.83 Å². The van der Waals surface area contributed by atoms with E-state index >= 15 is 0 Å². The summed E-state index contributed by atoms with van der Waals surface area (Å²) in [5.41, 5.74) is 13.4. The van der Waals surface area contributed by atoms with E-state index in [0.29, 0.717) is 0 Å². The van der Waals surface area contributed by atoms with Crippen molar-refractivity contribution in [2.75, 3.05) is 4.90 Å². The van der Waals surface area contributed by atoms with E-state index in [1.165, 1.54) is 27.5 Å². The number of benzene rings is 9. The van der Waals surface area contributed by atoms with E-state index in [9.17, 15) is 0 Å². The van der Waals surface area contributed by atoms with Gasteiger partial charge in [-0.3, -0.25) is 0 Å². The first-order chi connectivity index (χ1) is 27.3. The van der Waals surface area contributed by atoms with Crippen LogP contribution in [0.4, 0.5) is 17.1 Å². The van der Waals surface area contributed by atoms with Gasteiger partial charge in [-0.2, -0.15) is 0 Å². The minimum atomic E-state index is 0.832. The molecular weight excluding hydrogens is 671 g/mol. The van der Waals surface area contributed by atoms with Crippen molar-refractivity contribution in [3.63, 3.8) is 0 Å². The minimum absolute atomic E-state index is 0.832. The van der Waals surface area contributed by atoms with Gasteiger partial charge in [0.25, 0.3) is 0 Å². The minimum Gasteiger partial charge on any atom is -0.456 e. The average molecular weight is 704 g/mol. The predicted molar refractivity (Wildman–Crippen MR) is 229 cm³/mol. The maximum atomic E-state index is 7.03. The SMILES string of the molecule is c1ccc(-c2ccc(-c3ccc(N(c4cccc5c4oc4cc(-c6ccccc6)c6ccccc6c45)c4cccc5oc6ccccc6c45)cc3)cc2)cc1. The van der Waals surface area contributed by atoms with E-state index in [0.717, 1.165) is 77.6 Å². The van der Waals surface area contributed by atoms with Crippen molar-refractivity contribution in [2.45, 2.75) is 0 Å². The Morgan fingerprint density at radius 1 is 0.309 bits per heavy atom. The first-order valence-corrected chi connectivity index (χ1v) is 18.7. The van der Waals surface area contributed by atoms with Crippen molar-refractivity contribution in [1.29, 1.82) is 0 Å². The highest BCUT2D eigenvalue weighted by Crippen LogP contribution is 2.48. The standard InChI is InChI=1S/C52H33NO2/c1-3-13-34(14-4-1)35-25-27-36(28-26-35)37-29-31-39(32-30-37)53(45-21-12-24-48-51(45)42-19-9-10-23-47(42)54-48)46-22-11-20-43-50-41-18-8-7-17-40(41)44(33-49(50)55-52(43)46)38-15-5-2-6-16-38/h1-33H. The van der Waals surface area contributed by atoms with Gasteiger partial charge in [-0.15, -0.1) is 0 Å². The second-order valence-electron chi connectivity index (χ2n) is 14.0. The third-order valence-electron chi connectivity index (χ3n) is 10.9. The number of nitrogens with zero attached hydrogens (tertiary/aromatic N) is 1. The van der Waals surface area contributed by atoms with Crippen LogP contribution in [-0.4, -0.2) is 0 Å². The van der Waals surface area contributed by atoms with Crippen LogP contribution in [0, 0.1) is 0 Å². The molecule has 2 heterocycles. The third-order valence-corrected chi connectivity index (χ3v) is 10.9. The van der Waals surface area contributed by atoms with Crippen LogP contribution in [-0.2, 0) is 0 Å². The molecule has 0 unspecified atom stereocenters. The van der Waals surface area contributed by atoms with Crippen LogP contribution in [0.5, 0.6) is 0 Å². The van der Waals surface area contributed by atoms with Crippen LogP contribution in [0.2, 0.25) is 0 Å². The third kappa shape index (κ3) is 5.13. The molecule has 0 atom stereocenters. The first kappa shape index (κ1) is 31.2. The van der Waals surface area contributed by atoms with Gasteiger partial charge in [0.05, 0.1) is 16.8 Å². The molecule has 0 saturated carbocycles. The van der Waals surface area contributed by atoms with Gasteiger partial charge in [-0.1, -0.05) is 158 Å². The van der Waals surface area contributed by atoms with Crippen LogP contribution >= 0.6 is 0 Å². The van der Waals surface area contributed by atoms with Crippen molar-refractivity contribution >= 4 is 71.7 Å². The van der Waals surface area contributed by atoms with Crippen LogP contribution in [0.3, 0.4) is 0 Å². The molecule has 0 bridgehead atoms. The molecule has 0 amide bonds. The van der Waals surface area contributed by atoms with Crippen molar-refractivity contribution in [1.82, 2.24) is 0 Å². The fourth-order valence-electron chi connectivity index (χ4n) is 8.32. The van der Waals surface area contributed by atoms with Crippen LogP contribution in [0.25, 0.3) is 88.0 Å². The lowest BCUT2D eigenvalue weighted by Gasteiger charge is -2.26. The lowest BCUT2D eigenvalue weighted by Crippen LogP contribution is -2.10. The van der Waals surface area contributed by atoms with Gasteiger partial charge in [0.1, 0.15) is 16.7 Å². The summed E-state index contributed by atoms with van der Waals surface area (Å²) in [5, 5.41) is 6.70. The van der Waals surface area contributed by atoms with Gasteiger partial charge in [-0.25, -0.2) is 0 Å². The number of para-hydroxylation sites is 2. The van der Waals surface area contributed by atoms with Crippen LogP contribution in [0.15, 0.2) is 209 Å². The zero-order valence-electron chi connectivity index (χ0n) is 29.8. The zero-order chi connectivity index (χ0) is 36.3. The Bertz CT molecular complexity index is 3180.